The Balaban J connectivity index is 3.94. The maximum absolute atomic E-state index is 11.1. The van der Waals surface area contributed by atoms with Crippen LogP contribution in [-0.4, -0.2) is 47.1 Å². The van der Waals surface area contributed by atoms with E-state index in [0.717, 1.165) is 0 Å². The van der Waals surface area contributed by atoms with Crippen molar-refractivity contribution in [2.45, 2.75) is 39.1 Å². The molecule has 2 N–H and O–H groups in total. The first kappa shape index (κ1) is 13.9. The lowest BCUT2D eigenvalue weighted by Crippen LogP contribution is -2.31. The highest BCUT2D eigenvalue weighted by Crippen LogP contribution is 1.98. The SMILES string of the molecule is CC(O)COC(=O)C(C)OC(=O)C(C)O. The van der Waals surface area contributed by atoms with Gasteiger partial charge in [-0.3, -0.25) is 0 Å². The van der Waals surface area contributed by atoms with Crippen LogP contribution in [0.15, 0.2) is 0 Å². The lowest BCUT2D eigenvalue weighted by molar-refractivity contribution is -0.172. The van der Waals surface area contributed by atoms with E-state index in [1.54, 1.807) is 0 Å². The molecule has 0 saturated carbocycles. The number of esters is 2. The third-order valence-corrected chi connectivity index (χ3v) is 1.43. The molecule has 3 atom stereocenters. The van der Waals surface area contributed by atoms with Crippen molar-refractivity contribution in [3.8, 4) is 0 Å². The summed E-state index contributed by atoms with van der Waals surface area (Å²) < 4.78 is 9.16. The number of carbonyl (C=O) groups is 2. The average molecular weight is 220 g/mol. The Morgan fingerprint density at radius 1 is 1.13 bits per heavy atom. The number of carbonyl (C=O) groups excluding carboxylic acids is 2. The second-order valence-electron chi connectivity index (χ2n) is 3.23. The topological polar surface area (TPSA) is 93.1 Å². The third kappa shape index (κ3) is 6.03. The van der Waals surface area contributed by atoms with Crippen molar-refractivity contribution in [3.05, 3.63) is 0 Å². The first-order chi connectivity index (χ1) is 6.84. The van der Waals surface area contributed by atoms with Gasteiger partial charge in [-0.1, -0.05) is 0 Å². The Hall–Kier alpha value is -1.14. The molecule has 15 heavy (non-hydrogen) atoms. The molecule has 0 aliphatic heterocycles. The van der Waals surface area contributed by atoms with E-state index in [-0.39, 0.29) is 6.61 Å². The number of aliphatic hydroxyl groups is 2. The third-order valence-electron chi connectivity index (χ3n) is 1.43. The number of ether oxygens (including phenoxy) is 2. The Bertz CT molecular complexity index is 223. The monoisotopic (exact) mass is 220 g/mol. The summed E-state index contributed by atoms with van der Waals surface area (Å²) in [6.45, 7) is 3.86. The largest absolute Gasteiger partial charge is 0.460 e. The Morgan fingerprint density at radius 2 is 1.67 bits per heavy atom. The molecule has 0 saturated heterocycles. The minimum absolute atomic E-state index is 0.157. The van der Waals surface area contributed by atoms with Gasteiger partial charge in [0, 0.05) is 0 Å². The molecule has 3 unspecified atom stereocenters. The van der Waals surface area contributed by atoms with Gasteiger partial charge in [0.2, 0.25) is 0 Å². The van der Waals surface area contributed by atoms with Crippen molar-refractivity contribution in [1.29, 1.82) is 0 Å². The first-order valence-electron chi connectivity index (χ1n) is 4.57. The molecule has 0 bridgehead atoms. The summed E-state index contributed by atoms with van der Waals surface area (Å²) in [5.41, 5.74) is 0. The van der Waals surface area contributed by atoms with Crippen LogP contribution >= 0.6 is 0 Å². The molecular formula is C9H16O6. The minimum Gasteiger partial charge on any atom is -0.460 e. The summed E-state index contributed by atoms with van der Waals surface area (Å²) >= 11 is 0. The fourth-order valence-electron chi connectivity index (χ4n) is 0.641. The zero-order valence-corrected chi connectivity index (χ0v) is 8.97. The normalized spacial score (nSPS) is 16.3. The van der Waals surface area contributed by atoms with E-state index in [2.05, 4.69) is 9.47 Å². The molecule has 0 aromatic carbocycles. The van der Waals surface area contributed by atoms with Crippen molar-refractivity contribution in [2.24, 2.45) is 0 Å². The van der Waals surface area contributed by atoms with E-state index in [4.69, 9.17) is 10.2 Å². The molecule has 6 heteroatoms. The highest BCUT2D eigenvalue weighted by atomic mass is 16.6. The zero-order chi connectivity index (χ0) is 12.0. The Kier molecular flexibility index (Phi) is 5.88. The highest BCUT2D eigenvalue weighted by Gasteiger charge is 2.21. The van der Waals surface area contributed by atoms with E-state index in [1.807, 2.05) is 0 Å². The Labute approximate surface area is 87.8 Å². The van der Waals surface area contributed by atoms with E-state index in [1.165, 1.54) is 20.8 Å². The molecule has 0 fully saturated rings. The van der Waals surface area contributed by atoms with Crippen LogP contribution in [0, 0.1) is 0 Å². The summed E-state index contributed by atoms with van der Waals surface area (Å²) in [5, 5.41) is 17.6. The van der Waals surface area contributed by atoms with Crippen LogP contribution in [0.3, 0.4) is 0 Å². The van der Waals surface area contributed by atoms with Gasteiger partial charge >= 0.3 is 11.9 Å². The fraction of sp³-hybridized carbons (Fsp3) is 0.778. The summed E-state index contributed by atoms with van der Waals surface area (Å²) in [6, 6.07) is 0. The van der Waals surface area contributed by atoms with Crippen molar-refractivity contribution in [2.75, 3.05) is 6.61 Å². The van der Waals surface area contributed by atoms with Crippen LogP contribution in [0.4, 0.5) is 0 Å². The van der Waals surface area contributed by atoms with Gasteiger partial charge in [-0.15, -0.1) is 0 Å². The summed E-state index contributed by atoms with van der Waals surface area (Å²) in [6.07, 6.45) is -3.14. The molecule has 0 heterocycles. The molecule has 0 spiro atoms. The maximum atomic E-state index is 11.1. The molecule has 0 amide bonds. The second-order valence-corrected chi connectivity index (χ2v) is 3.23. The minimum atomic E-state index is -1.28. The van der Waals surface area contributed by atoms with E-state index >= 15 is 0 Å². The summed E-state index contributed by atoms with van der Waals surface area (Å²) in [5.74, 6) is -1.65. The predicted molar refractivity (Wildman–Crippen MR) is 49.9 cm³/mol. The quantitative estimate of drug-likeness (QED) is 0.590. The maximum Gasteiger partial charge on any atom is 0.347 e. The van der Waals surface area contributed by atoms with Crippen LogP contribution in [0.2, 0.25) is 0 Å². The lowest BCUT2D eigenvalue weighted by Gasteiger charge is -2.14. The van der Waals surface area contributed by atoms with Gasteiger partial charge in [0.15, 0.2) is 6.10 Å². The van der Waals surface area contributed by atoms with Crippen LogP contribution in [-0.2, 0) is 19.1 Å². The molecule has 88 valence electrons. The van der Waals surface area contributed by atoms with Crippen molar-refractivity contribution in [3.63, 3.8) is 0 Å². The molecule has 0 radical (unpaired) electrons. The van der Waals surface area contributed by atoms with Gasteiger partial charge in [0.1, 0.15) is 12.7 Å². The van der Waals surface area contributed by atoms with Gasteiger partial charge in [0.05, 0.1) is 6.10 Å². The molecule has 0 aromatic rings. The van der Waals surface area contributed by atoms with Crippen LogP contribution < -0.4 is 0 Å². The van der Waals surface area contributed by atoms with Gasteiger partial charge in [-0.2, -0.15) is 0 Å². The standard InChI is InChI=1S/C9H16O6/c1-5(10)4-14-9(13)7(3)15-8(12)6(2)11/h5-7,10-11H,4H2,1-3H3. The predicted octanol–water partition coefficient (Wildman–Crippen LogP) is -0.777. The smallest absolute Gasteiger partial charge is 0.347 e. The molecule has 0 rings (SSSR count). The van der Waals surface area contributed by atoms with E-state index in [9.17, 15) is 9.59 Å². The molecular weight excluding hydrogens is 204 g/mol. The van der Waals surface area contributed by atoms with Gasteiger partial charge in [-0.05, 0) is 20.8 Å². The number of rotatable bonds is 5. The summed E-state index contributed by atoms with van der Waals surface area (Å²) in [7, 11) is 0. The highest BCUT2D eigenvalue weighted by molar-refractivity contribution is 5.80. The average Bonchev–Trinajstić information content (AvgIpc) is 2.13. The number of aliphatic hydroxyl groups excluding tert-OH is 2. The fourth-order valence-corrected chi connectivity index (χ4v) is 0.641. The van der Waals surface area contributed by atoms with Crippen molar-refractivity contribution < 1.29 is 29.3 Å². The number of hydrogen-bond acceptors (Lipinski definition) is 6. The lowest BCUT2D eigenvalue weighted by atomic mass is 10.3. The van der Waals surface area contributed by atoms with Crippen molar-refractivity contribution >= 4 is 11.9 Å². The van der Waals surface area contributed by atoms with Gasteiger partial charge in [0.25, 0.3) is 0 Å². The zero-order valence-electron chi connectivity index (χ0n) is 8.97. The van der Waals surface area contributed by atoms with Gasteiger partial charge in [-0.25, -0.2) is 9.59 Å². The number of hydrogen-bond donors (Lipinski definition) is 2. The van der Waals surface area contributed by atoms with Crippen LogP contribution in [0.25, 0.3) is 0 Å². The molecule has 0 aliphatic carbocycles. The van der Waals surface area contributed by atoms with Crippen LogP contribution in [0.5, 0.6) is 0 Å². The van der Waals surface area contributed by atoms with Crippen molar-refractivity contribution in [1.82, 2.24) is 0 Å². The van der Waals surface area contributed by atoms with Gasteiger partial charge < -0.3 is 19.7 Å². The second kappa shape index (κ2) is 6.36. The molecule has 6 nitrogen and oxygen atoms in total. The molecule has 0 aliphatic rings. The Morgan fingerprint density at radius 3 is 2.07 bits per heavy atom. The van der Waals surface area contributed by atoms with E-state index < -0.39 is 30.3 Å². The molecule has 0 aromatic heterocycles. The first-order valence-corrected chi connectivity index (χ1v) is 4.57. The van der Waals surface area contributed by atoms with E-state index in [0.29, 0.717) is 0 Å². The summed E-state index contributed by atoms with van der Waals surface area (Å²) in [4.78, 5) is 22.0. The van der Waals surface area contributed by atoms with Crippen LogP contribution in [0.1, 0.15) is 20.8 Å².